The molecule has 2 aromatic rings. The Labute approximate surface area is 187 Å². The summed E-state index contributed by atoms with van der Waals surface area (Å²) in [5, 5.41) is 14.6. The van der Waals surface area contributed by atoms with Crippen LogP contribution in [0.4, 0.5) is 10.5 Å². The Hall–Kier alpha value is -2.33. The molecule has 3 atom stereocenters. The summed E-state index contributed by atoms with van der Waals surface area (Å²) in [7, 11) is -3.47. The van der Waals surface area contributed by atoms with Crippen molar-refractivity contribution in [1.29, 1.82) is 0 Å². The Morgan fingerprint density at radius 2 is 1.55 bits per heavy atom. The molecule has 0 aromatic heterocycles. The molecule has 0 spiro atoms. The van der Waals surface area contributed by atoms with E-state index in [-0.39, 0.29) is 12.0 Å². The van der Waals surface area contributed by atoms with E-state index in [2.05, 4.69) is 28.7 Å². The van der Waals surface area contributed by atoms with Gasteiger partial charge in [0, 0.05) is 48.8 Å². The Balaban J connectivity index is 0.000000628. The van der Waals surface area contributed by atoms with Gasteiger partial charge in [0.05, 0.1) is 0 Å². The van der Waals surface area contributed by atoms with Gasteiger partial charge in [-0.25, -0.2) is 4.79 Å². The molecule has 0 radical (unpaired) electrons. The number of hydrogen-bond donors (Lipinski definition) is 3. The predicted molar refractivity (Wildman–Crippen MR) is 120 cm³/mol. The number of carbonyl (C=O) groups is 1. The number of hydrogen-bond acceptors (Lipinski definition) is 4. The van der Waals surface area contributed by atoms with Crippen molar-refractivity contribution in [3.63, 3.8) is 0 Å². The van der Waals surface area contributed by atoms with Gasteiger partial charge in [0.1, 0.15) is 0 Å². The highest BCUT2D eigenvalue weighted by molar-refractivity contribution is 7.87. The third-order valence-corrected chi connectivity index (χ3v) is 7.49. The molecule has 1 saturated carbocycles. The number of halogens is 1. The highest BCUT2D eigenvalue weighted by Crippen LogP contribution is 2.47. The van der Waals surface area contributed by atoms with Gasteiger partial charge in [-0.3, -0.25) is 0 Å². The molecule has 1 heterocycles. The number of benzene rings is 2. The average molecular weight is 468 g/mol. The molecule has 31 heavy (non-hydrogen) atoms. The maximum absolute atomic E-state index is 12.8. The second-order valence-electron chi connectivity index (χ2n) is 7.59. The molecule has 2 aliphatic rings. The van der Waals surface area contributed by atoms with Crippen molar-refractivity contribution in [3.05, 3.63) is 65.2 Å². The minimum Gasteiger partial charge on any atom is -0.450 e. The van der Waals surface area contributed by atoms with Crippen LogP contribution in [0.2, 0.25) is 5.02 Å². The van der Waals surface area contributed by atoms with Gasteiger partial charge >= 0.3 is 6.16 Å². The van der Waals surface area contributed by atoms with Gasteiger partial charge in [-0.05, 0) is 35.7 Å². The van der Waals surface area contributed by atoms with Gasteiger partial charge < -0.3 is 15.1 Å². The molecule has 0 unspecified atom stereocenters. The van der Waals surface area contributed by atoms with Crippen molar-refractivity contribution < 1.29 is 23.4 Å². The monoisotopic (exact) mass is 467 g/mol. The van der Waals surface area contributed by atoms with Crippen LogP contribution >= 0.6 is 11.6 Å². The normalized spacial score (nSPS) is 23.5. The summed E-state index contributed by atoms with van der Waals surface area (Å²) in [5.74, 6) is 0.578. The van der Waals surface area contributed by atoms with E-state index in [1.807, 2.05) is 42.5 Å². The van der Waals surface area contributed by atoms with E-state index in [1.165, 1.54) is 5.56 Å². The zero-order valence-corrected chi connectivity index (χ0v) is 18.6. The van der Waals surface area contributed by atoms with E-state index in [0.29, 0.717) is 37.1 Å². The summed E-state index contributed by atoms with van der Waals surface area (Å²) in [6.45, 7) is 4.41. The van der Waals surface area contributed by atoms with Crippen LogP contribution in [0.3, 0.4) is 0 Å². The first-order valence-electron chi connectivity index (χ1n) is 9.94. The minimum absolute atomic E-state index is 0.0216. The number of anilines is 1. The quantitative estimate of drug-likeness (QED) is 0.622. The Morgan fingerprint density at radius 1 is 1.00 bits per heavy atom. The molecule has 2 fully saturated rings. The van der Waals surface area contributed by atoms with Gasteiger partial charge in [-0.15, -0.1) is 0 Å². The van der Waals surface area contributed by atoms with Gasteiger partial charge in [0.15, 0.2) is 0 Å². The highest BCUT2D eigenvalue weighted by atomic mass is 35.5. The number of piperazine rings is 1. The van der Waals surface area contributed by atoms with Crippen LogP contribution in [0.15, 0.2) is 54.6 Å². The maximum Gasteiger partial charge on any atom is 0.503 e. The van der Waals surface area contributed by atoms with Crippen LogP contribution in [0, 0.1) is 5.92 Å². The largest absolute Gasteiger partial charge is 0.503 e. The Morgan fingerprint density at radius 3 is 2.10 bits per heavy atom. The van der Waals surface area contributed by atoms with E-state index in [4.69, 9.17) is 26.6 Å². The average Bonchev–Trinajstić information content (AvgIpc) is 3.36. The number of nitrogens with one attached hydrogen (secondary N) is 1. The molecule has 0 bridgehead atoms. The van der Waals surface area contributed by atoms with Crippen LogP contribution in [0.1, 0.15) is 18.4 Å². The molecule has 0 amide bonds. The lowest BCUT2D eigenvalue weighted by molar-refractivity contribution is 0.137. The second-order valence-corrected chi connectivity index (χ2v) is 9.73. The number of nitrogens with zero attached hydrogens (tertiary/aromatic N) is 2. The Bertz CT molecular complexity index is 976. The topological polar surface area (TPSA) is 110 Å². The van der Waals surface area contributed by atoms with Gasteiger partial charge in [-0.2, -0.15) is 17.4 Å². The molecule has 1 saturated heterocycles. The lowest BCUT2D eigenvalue weighted by Gasteiger charge is -2.35. The third-order valence-electron chi connectivity index (χ3n) is 5.62. The summed E-state index contributed by atoms with van der Waals surface area (Å²) in [4.78, 5) is 10.7. The molecular weight excluding hydrogens is 442 g/mol. The first-order chi connectivity index (χ1) is 14.7. The van der Waals surface area contributed by atoms with Crippen LogP contribution in [-0.4, -0.2) is 61.3 Å². The zero-order chi connectivity index (χ0) is 22.6. The third kappa shape index (κ3) is 6.10. The van der Waals surface area contributed by atoms with Crippen molar-refractivity contribution in [1.82, 2.24) is 9.03 Å². The molecule has 1 aliphatic carbocycles. The molecular formula is C21H26ClN3O5S. The lowest BCUT2D eigenvalue weighted by Crippen LogP contribution is -2.52. The fourth-order valence-corrected chi connectivity index (χ4v) is 5.54. The number of rotatable bonds is 5. The fourth-order valence-electron chi connectivity index (χ4n) is 3.91. The molecule has 3 N–H and O–H groups in total. The van der Waals surface area contributed by atoms with E-state index in [1.54, 1.807) is 4.31 Å². The fraction of sp³-hybridized carbons (Fsp3) is 0.381. The van der Waals surface area contributed by atoms with E-state index in [0.717, 1.165) is 5.69 Å². The first kappa shape index (κ1) is 23.3. The molecule has 2 aromatic carbocycles. The van der Waals surface area contributed by atoms with Crippen molar-refractivity contribution in [2.75, 3.05) is 31.1 Å². The predicted octanol–water partition coefficient (Wildman–Crippen LogP) is 3.32. The van der Waals surface area contributed by atoms with Crippen LogP contribution < -0.4 is 9.62 Å². The van der Waals surface area contributed by atoms with E-state index >= 15 is 0 Å². The van der Waals surface area contributed by atoms with Crippen LogP contribution in [0.5, 0.6) is 0 Å². The van der Waals surface area contributed by atoms with E-state index in [9.17, 15) is 8.42 Å². The second kappa shape index (κ2) is 9.86. The SMILES string of the molecule is C[C@H]1[C@H](NS(=O)(=O)N2CCN(c3ccc(Cl)cc3)CC2)[C@H]1c1ccccc1.O=C(O)O. The lowest BCUT2D eigenvalue weighted by atomic mass is 10.1. The zero-order valence-electron chi connectivity index (χ0n) is 17.1. The Kier molecular flexibility index (Phi) is 7.42. The molecule has 4 rings (SSSR count). The smallest absolute Gasteiger partial charge is 0.450 e. The van der Waals surface area contributed by atoms with Crippen molar-refractivity contribution in [2.45, 2.75) is 18.9 Å². The standard InChI is InChI=1S/C20H24ClN3O2S.CH2O3/c1-15-19(16-5-3-2-4-6-16)20(15)22-27(25,26)24-13-11-23(12-14-24)18-9-7-17(21)8-10-18;2-1(3)4/h2-10,15,19-20,22H,11-14H2,1H3;(H2,2,3,4)/t15-,19-,20+;/m1./s1. The van der Waals surface area contributed by atoms with Crippen molar-refractivity contribution in [2.24, 2.45) is 5.92 Å². The summed E-state index contributed by atoms with van der Waals surface area (Å²) in [5.41, 5.74) is 2.27. The molecule has 168 valence electrons. The maximum atomic E-state index is 12.8. The van der Waals surface area contributed by atoms with Crippen molar-refractivity contribution in [3.8, 4) is 0 Å². The van der Waals surface area contributed by atoms with Gasteiger partial charge in [0.2, 0.25) is 0 Å². The summed E-state index contributed by atoms with van der Waals surface area (Å²) in [6, 6.07) is 17.8. The highest BCUT2D eigenvalue weighted by Gasteiger charge is 2.50. The van der Waals surface area contributed by atoms with Gasteiger partial charge in [0.25, 0.3) is 10.2 Å². The molecule has 10 heteroatoms. The summed E-state index contributed by atoms with van der Waals surface area (Å²) in [6.07, 6.45) is -1.83. The van der Waals surface area contributed by atoms with Gasteiger partial charge in [-0.1, -0.05) is 48.9 Å². The van der Waals surface area contributed by atoms with Crippen molar-refractivity contribution >= 4 is 33.7 Å². The van der Waals surface area contributed by atoms with E-state index < -0.39 is 16.4 Å². The van der Waals surface area contributed by atoms with Crippen LogP contribution in [-0.2, 0) is 10.2 Å². The number of carboxylic acid groups (broad SMARTS) is 2. The molecule has 1 aliphatic heterocycles. The first-order valence-corrected chi connectivity index (χ1v) is 11.8. The van der Waals surface area contributed by atoms with Crippen LogP contribution in [0.25, 0.3) is 0 Å². The minimum atomic E-state index is -3.47. The summed E-state index contributed by atoms with van der Waals surface area (Å²) < 4.78 is 30.1. The summed E-state index contributed by atoms with van der Waals surface area (Å²) >= 11 is 5.94. The molecule has 8 nitrogen and oxygen atoms in total.